The molecule has 0 aliphatic heterocycles. The zero-order valence-electron chi connectivity index (χ0n) is 5.92. The molecular weight excluding hydrogens is 128 g/mol. The number of carbonyl (C=O) groups excluding carboxylic acids is 1. The SMILES string of the molecule is O=C=CC1CCCCC1O. The minimum Gasteiger partial charge on any atom is -0.392 e. The molecule has 1 saturated carbocycles. The molecule has 2 nitrogen and oxygen atoms in total. The first-order chi connectivity index (χ1) is 4.84. The van der Waals surface area contributed by atoms with Crippen molar-refractivity contribution in [2.75, 3.05) is 0 Å². The number of aliphatic hydroxyl groups is 1. The van der Waals surface area contributed by atoms with Gasteiger partial charge in [0.1, 0.15) is 5.94 Å². The monoisotopic (exact) mass is 140 g/mol. The average Bonchev–Trinajstić information content (AvgIpc) is 1.94. The maximum absolute atomic E-state index is 9.93. The van der Waals surface area contributed by atoms with Gasteiger partial charge in [0.2, 0.25) is 0 Å². The van der Waals surface area contributed by atoms with Crippen molar-refractivity contribution in [2.45, 2.75) is 31.8 Å². The summed E-state index contributed by atoms with van der Waals surface area (Å²) in [7, 11) is 0. The lowest BCUT2D eigenvalue weighted by Crippen LogP contribution is -2.22. The molecule has 2 unspecified atom stereocenters. The van der Waals surface area contributed by atoms with E-state index in [0.717, 1.165) is 25.7 Å². The van der Waals surface area contributed by atoms with E-state index in [-0.39, 0.29) is 12.0 Å². The maximum Gasteiger partial charge on any atom is 0.120 e. The molecule has 0 aromatic carbocycles. The van der Waals surface area contributed by atoms with Crippen LogP contribution in [0.5, 0.6) is 0 Å². The highest BCUT2D eigenvalue weighted by molar-refractivity contribution is 5.45. The second-order valence-corrected chi connectivity index (χ2v) is 2.80. The average molecular weight is 140 g/mol. The lowest BCUT2D eigenvalue weighted by Gasteiger charge is -2.23. The van der Waals surface area contributed by atoms with E-state index in [2.05, 4.69) is 0 Å². The molecule has 0 aromatic heterocycles. The lowest BCUT2D eigenvalue weighted by atomic mass is 9.87. The molecule has 1 aliphatic carbocycles. The van der Waals surface area contributed by atoms with Gasteiger partial charge >= 0.3 is 0 Å². The van der Waals surface area contributed by atoms with Crippen molar-refractivity contribution in [1.29, 1.82) is 0 Å². The summed E-state index contributed by atoms with van der Waals surface area (Å²) in [6.07, 6.45) is 5.14. The summed E-state index contributed by atoms with van der Waals surface area (Å²) in [6.45, 7) is 0. The molecule has 0 bridgehead atoms. The second kappa shape index (κ2) is 3.55. The van der Waals surface area contributed by atoms with Gasteiger partial charge in [0.25, 0.3) is 0 Å². The van der Waals surface area contributed by atoms with Gasteiger partial charge in [0.15, 0.2) is 0 Å². The van der Waals surface area contributed by atoms with Crippen molar-refractivity contribution in [3.63, 3.8) is 0 Å². The van der Waals surface area contributed by atoms with Crippen molar-refractivity contribution in [2.24, 2.45) is 5.92 Å². The first-order valence-electron chi connectivity index (χ1n) is 3.73. The fraction of sp³-hybridized carbons (Fsp3) is 0.750. The van der Waals surface area contributed by atoms with E-state index in [9.17, 15) is 9.90 Å². The zero-order chi connectivity index (χ0) is 7.40. The third-order valence-electron chi connectivity index (χ3n) is 2.06. The van der Waals surface area contributed by atoms with Crippen LogP contribution in [0.25, 0.3) is 0 Å². The molecule has 2 heteroatoms. The van der Waals surface area contributed by atoms with Gasteiger partial charge in [-0.2, -0.15) is 0 Å². The summed E-state index contributed by atoms with van der Waals surface area (Å²) in [5.41, 5.74) is 0. The van der Waals surface area contributed by atoms with Crippen LogP contribution in [0.15, 0.2) is 6.08 Å². The number of hydrogen-bond acceptors (Lipinski definition) is 2. The summed E-state index contributed by atoms with van der Waals surface area (Å²) in [6, 6.07) is 0. The molecule has 0 radical (unpaired) electrons. The smallest absolute Gasteiger partial charge is 0.120 e. The van der Waals surface area contributed by atoms with Crippen molar-refractivity contribution in [1.82, 2.24) is 0 Å². The van der Waals surface area contributed by atoms with Gasteiger partial charge < -0.3 is 5.11 Å². The fourth-order valence-corrected chi connectivity index (χ4v) is 1.42. The van der Waals surface area contributed by atoms with Gasteiger partial charge in [-0.1, -0.05) is 12.8 Å². The molecular formula is C8H12O2. The van der Waals surface area contributed by atoms with Gasteiger partial charge in [-0.15, -0.1) is 0 Å². The maximum atomic E-state index is 9.93. The van der Waals surface area contributed by atoms with Crippen LogP contribution in [-0.4, -0.2) is 17.2 Å². The minimum absolute atomic E-state index is 0.0752. The standard InChI is InChI=1S/C8H12O2/c9-6-5-7-3-1-2-4-8(7)10/h5,7-8,10H,1-4H2. The summed E-state index contributed by atoms with van der Waals surface area (Å²) in [5.74, 6) is 1.81. The molecule has 1 fully saturated rings. The molecule has 0 aromatic rings. The van der Waals surface area contributed by atoms with Crippen molar-refractivity contribution < 1.29 is 9.90 Å². The molecule has 56 valence electrons. The molecule has 0 saturated heterocycles. The third-order valence-corrected chi connectivity index (χ3v) is 2.06. The Morgan fingerprint density at radius 1 is 1.40 bits per heavy atom. The van der Waals surface area contributed by atoms with E-state index >= 15 is 0 Å². The normalized spacial score (nSPS) is 32.9. The summed E-state index contributed by atoms with van der Waals surface area (Å²) < 4.78 is 0. The van der Waals surface area contributed by atoms with Gasteiger partial charge in [-0.05, 0) is 12.8 Å². The Bertz CT molecular complexity index is 147. The fourth-order valence-electron chi connectivity index (χ4n) is 1.42. The molecule has 1 N–H and O–H groups in total. The Labute approximate surface area is 60.6 Å². The zero-order valence-corrected chi connectivity index (χ0v) is 5.92. The minimum atomic E-state index is -0.296. The van der Waals surface area contributed by atoms with Crippen LogP contribution < -0.4 is 0 Å². The largest absolute Gasteiger partial charge is 0.392 e. The van der Waals surface area contributed by atoms with Crippen molar-refractivity contribution >= 4 is 5.94 Å². The highest BCUT2D eigenvalue weighted by Gasteiger charge is 2.20. The van der Waals surface area contributed by atoms with Gasteiger partial charge in [-0.25, -0.2) is 4.79 Å². The molecule has 2 atom stereocenters. The Morgan fingerprint density at radius 3 is 2.70 bits per heavy atom. The van der Waals surface area contributed by atoms with Gasteiger partial charge in [-0.3, -0.25) is 0 Å². The summed E-state index contributed by atoms with van der Waals surface area (Å²) in [5, 5.41) is 9.29. The van der Waals surface area contributed by atoms with Crippen LogP contribution in [0.3, 0.4) is 0 Å². The Balaban J connectivity index is 2.47. The van der Waals surface area contributed by atoms with Crippen LogP contribution in [-0.2, 0) is 4.79 Å². The van der Waals surface area contributed by atoms with Crippen LogP contribution in [0, 0.1) is 5.92 Å². The molecule has 0 spiro atoms. The van der Waals surface area contributed by atoms with Crippen LogP contribution in [0.4, 0.5) is 0 Å². The Morgan fingerprint density at radius 2 is 2.10 bits per heavy atom. The van der Waals surface area contributed by atoms with E-state index in [0.29, 0.717) is 0 Å². The molecule has 0 amide bonds. The van der Waals surface area contributed by atoms with Crippen molar-refractivity contribution in [3.8, 4) is 0 Å². The summed E-state index contributed by atoms with van der Waals surface area (Å²) >= 11 is 0. The quantitative estimate of drug-likeness (QED) is 0.550. The predicted molar refractivity (Wildman–Crippen MR) is 38.2 cm³/mol. The number of aliphatic hydroxyl groups excluding tert-OH is 1. The predicted octanol–water partition coefficient (Wildman–Crippen LogP) is 0.925. The van der Waals surface area contributed by atoms with Gasteiger partial charge in [0, 0.05) is 12.0 Å². The molecule has 1 rings (SSSR count). The van der Waals surface area contributed by atoms with Crippen LogP contribution >= 0.6 is 0 Å². The Kier molecular flexibility index (Phi) is 2.67. The topological polar surface area (TPSA) is 37.3 Å². The molecule has 0 heterocycles. The van der Waals surface area contributed by atoms with E-state index in [1.54, 1.807) is 5.94 Å². The van der Waals surface area contributed by atoms with E-state index < -0.39 is 0 Å². The first kappa shape index (κ1) is 7.52. The van der Waals surface area contributed by atoms with E-state index in [4.69, 9.17) is 0 Å². The Hall–Kier alpha value is -0.590. The highest BCUT2D eigenvalue weighted by atomic mass is 16.3. The van der Waals surface area contributed by atoms with E-state index in [1.807, 2.05) is 0 Å². The highest BCUT2D eigenvalue weighted by Crippen LogP contribution is 2.24. The third kappa shape index (κ3) is 1.69. The van der Waals surface area contributed by atoms with E-state index in [1.165, 1.54) is 6.08 Å². The second-order valence-electron chi connectivity index (χ2n) is 2.80. The first-order valence-corrected chi connectivity index (χ1v) is 3.73. The van der Waals surface area contributed by atoms with Crippen LogP contribution in [0.1, 0.15) is 25.7 Å². The summed E-state index contributed by atoms with van der Waals surface area (Å²) in [4.78, 5) is 9.93. The van der Waals surface area contributed by atoms with Crippen molar-refractivity contribution in [3.05, 3.63) is 6.08 Å². The molecule has 10 heavy (non-hydrogen) atoms. The molecule has 1 aliphatic rings. The van der Waals surface area contributed by atoms with Crippen LogP contribution in [0.2, 0.25) is 0 Å². The lowest BCUT2D eigenvalue weighted by molar-refractivity contribution is 0.0932. The number of hydrogen-bond donors (Lipinski definition) is 1. The number of rotatable bonds is 1. The van der Waals surface area contributed by atoms with Gasteiger partial charge in [0.05, 0.1) is 6.10 Å².